The fourth-order valence-electron chi connectivity index (χ4n) is 2.15. The maximum absolute atomic E-state index is 13.2. The molecule has 0 saturated carbocycles. The van der Waals surface area contributed by atoms with Gasteiger partial charge in [0.1, 0.15) is 17.7 Å². The van der Waals surface area contributed by atoms with Crippen LogP contribution in [0, 0.1) is 5.82 Å². The Balaban J connectivity index is 1.95. The molecular formula is C13H11BrFNOS. The van der Waals surface area contributed by atoms with E-state index in [2.05, 4.69) is 15.9 Å². The Morgan fingerprint density at radius 1 is 1.33 bits per heavy atom. The van der Waals surface area contributed by atoms with Crippen LogP contribution >= 0.6 is 27.3 Å². The summed E-state index contributed by atoms with van der Waals surface area (Å²) < 4.78 is 20.1. The van der Waals surface area contributed by atoms with E-state index >= 15 is 0 Å². The summed E-state index contributed by atoms with van der Waals surface area (Å²) in [5, 5.41) is 0. The van der Waals surface area contributed by atoms with Crippen LogP contribution in [0.4, 0.5) is 4.39 Å². The van der Waals surface area contributed by atoms with Crippen LogP contribution in [-0.2, 0) is 0 Å². The lowest BCUT2D eigenvalue weighted by atomic mass is 9.96. The lowest BCUT2D eigenvalue weighted by Gasteiger charge is -2.29. The molecule has 0 bridgehead atoms. The Kier molecular flexibility index (Phi) is 3.13. The first kappa shape index (κ1) is 12.1. The molecule has 2 nitrogen and oxygen atoms in total. The Bertz CT molecular complexity index is 586. The van der Waals surface area contributed by atoms with Crippen LogP contribution in [0.5, 0.6) is 5.75 Å². The number of thiophene rings is 1. The van der Waals surface area contributed by atoms with Crippen molar-refractivity contribution in [3.8, 4) is 5.75 Å². The zero-order valence-corrected chi connectivity index (χ0v) is 11.8. The Morgan fingerprint density at radius 3 is 2.89 bits per heavy atom. The van der Waals surface area contributed by atoms with Gasteiger partial charge in [-0.25, -0.2) is 4.39 Å². The van der Waals surface area contributed by atoms with E-state index in [1.165, 1.54) is 12.1 Å². The molecule has 0 radical (unpaired) electrons. The molecule has 0 saturated heterocycles. The molecule has 5 heteroatoms. The highest BCUT2D eigenvalue weighted by Crippen LogP contribution is 2.42. The molecule has 18 heavy (non-hydrogen) atoms. The first-order valence-corrected chi connectivity index (χ1v) is 7.21. The highest BCUT2D eigenvalue weighted by molar-refractivity contribution is 9.11. The van der Waals surface area contributed by atoms with Gasteiger partial charge in [-0.3, -0.25) is 0 Å². The number of hydrogen-bond donors (Lipinski definition) is 1. The molecule has 1 aliphatic rings. The molecule has 1 aromatic carbocycles. The topological polar surface area (TPSA) is 35.2 Å². The average molecular weight is 328 g/mol. The third-order valence-corrected chi connectivity index (χ3v) is 4.74. The van der Waals surface area contributed by atoms with Crippen LogP contribution in [0.2, 0.25) is 0 Å². The number of fused-ring (bicyclic) bond motifs is 1. The maximum Gasteiger partial charge on any atom is 0.135 e. The van der Waals surface area contributed by atoms with Crippen LogP contribution in [0.25, 0.3) is 0 Å². The zero-order valence-electron chi connectivity index (χ0n) is 9.40. The maximum atomic E-state index is 13.2. The summed E-state index contributed by atoms with van der Waals surface area (Å²) >= 11 is 5.05. The largest absolute Gasteiger partial charge is 0.484 e. The third-order valence-electron chi connectivity index (χ3n) is 3.02. The van der Waals surface area contributed by atoms with Crippen LogP contribution < -0.4 is 10.5 Å². The average Bonchev–Trinajstić information content (AvgIpc) is 2.75. The van der Waals surface area contributed by atoms with E-state index in [-0.39, 0.29) is 18.0 Å². The number of hydrogen-bond acceptors (Lipinski definition) is 3. The number of rotatable bonds is 1. The number of nitrogens with two attached hydrogens (primary N) is 1. The standard InChI is InChI=1S/C13H11BrFNOS/c14-13-4-3-12(18-13)11-6-9(16)8-2-1-7(15)5-10(8)17-11/h1-5,9,11H,6,16H2/t9-,11?/m1/s1. The van der Waals surface area contributed by atoms with E-state index in [0.29, 0.717) is 12.2 Å². The molecule has 2 N–H and O–H groups in total. The zero-order chi connectivity index (χ0) is 12.7. The molecule has 3 rings (SSSR count). The van der Waals surface area contributed by atoms with Gasteiger partial charge in [0.15, 0.2) is 0 Å². The number of ether oxygens (including phenoxy) is 1. The van der Waals surface area contributed by atoms with Crippen molar-refractivity contribution in [2.75, 3.05) is 0 Å². The van der Waals surface area contributed by atoms with Crippen molar-refractivity contribution in [2.45, 2.75) is 18.6 Å². The van der Waals surface area contributed by atoms with Crippen molar-refractivity contribution < 1.29 is 9.13 Å². The number of halogens is 2. The monoisotopic (exact) mass is 327 g/mol. The van der Waals surface area contributed by atoms with Gasteiger partial charge in [-0.1, -0.05) is 6.07 Å². The molecule has 1 aliphatic heterocycles. The normalized spacial score (nSPS) is 22.4. The minimum Gasteiger partial charge on any atom is -0.484 e. The molecule has 0 fully saturated rings. The van der Waals surface area contributed by atoms with E-state index in [4.69, 9.17) is 10.5 Å². The number of benzene rings is 1. The molecule has 1 aromatic heterocycles. The van der Waals surface area contributed by atoms with Crippen LogP contribution in [0.3, 0.4) is 0 Å². The predicted octanol–water partition coefficient (Wildman–Crippen LogP) is 4.17. The SMILES string of the molecule is N[C@@H]1CC(c2ccc(Br)s2)Oc2cc(F)ccc21. The van der Waals surface area contributed by atoms with Crippen LogP contribution in [0.15, 0.2) is 34.1 Å². The minimum atomic E-state index is -0.297. The first-order valence-electron chi connectivity index (χ1n) is 5.60. The van der Waals surface area contributed by atoms with Crippen molar-refractivity contribution in [3.05, 3.63) is 50.4 Å². The molecule has 2 atom stereocenters. The second-order valence-electron chi connectivity index (χ2n) is 4.27. The van der Waals surface area contributed by atoms with Gasteiger partial charge >= 0.3 is 0 Å². The second-order valence-corrected chi connectivity index (χ2v) is 6.77. The summed E-state index contributed by atoms with van der Waals surface area (Å²) in [4.78, 5) is 1.10. The Morgan fingerprint density at radius 2 is 2.17 bits per heavy atom. The molecule has 1 unspecified atom stereocenters. The fourth-order valence-corrected chi connectivity index (χ4v) is 3.62. The Labute approximate surface area is 117 Å². The van der Waals surface area contributed by atoms with E-state index in [0.717, 1.165) is 14.2 Å². The van der Waals surface area contributed by atoms with Gasteiger partial charge in [-0.2, -0.15) is 0 Å². The van der Waals surface area contributed by atoms with Crippen molar-refractivity contribution in [3.63, 3.8) is 0 Å². The highest BCUT2D eigenvalue weighted by atomic mass is 79.9. The molecule has 0 spiro atoms. The summed E-state index contributed by atoms with van der Waals surface area (Å²) in [6, 6.07) is 8.41. The van der Waals surface area contributed by atoms with Gasteiger partial charge in [0.25, 0.3) is 0 Å². The molecule has 2 aromatic rings. The van der Waals surface area contributed by atoms with Gasteiger partial charge in [-0.05, 0) is 34.1 Å². The smallest absolute Gasteiger partial charge is 0.135 e. The van der Waals surface area contributed by atoms with Gasteiger partial charge < -0.3 is 10.5 Å². The third kappa shape index (κ3) is 2.18. The minimum absolute atomic E-state index is 0.0920. The molecule has 94 valence electrons. The van der Waals surface area contributed by atoms with Gasteiger partial charge in [-0.15, -0.1) is 11.3 Å². The van der Waals surface area contributed by atoms with Gasteiger partial charge in [0.2, 0.25) is 0 Å². The van der Waals surface area contributed by atoms with E-state index in [9.17, 15) is 4.39 Å². The van der Waals surface area contributed by atoms with E-state index < -0.39 is 0 Å². The van der Waals surface area contributed by atoms with Crippen LogP contribution in [0.1, 0.15) is 29.0 Å². The molecule has 0 amide bonds. The summed E-state index contributed by atoms with van der Waals surface area (Å²) in [6.45, 7) is 0. The van der Waals surface area contributed by atoms with E-state index in [1.807, 2.05) is 12.1 Å². The molecular weight excluding hydrogens is 317 g/mol. The predicted molar refractivity (Wildman–Crippen MR) is 73.3 cm³/mol. The van der Waals surface area contributed by atoms with Crippen molar-refractivity contribution >= 4 is 27.3 Å². The lowest BCUT2D eigenvalue weighted by molar-refractivity contribution is 0.164. The summed E-state index contributed by atoms with van der Waals surface area (Å²) in [7, 11) is 0. The van der Waals surface area contributed by atoms with Gasteiger partial charge in [0.05, 0.1) is 3.79 Å². The molecule has 2 heterocycles. The highest BCUT2D eigenvalue weighted by Gasteiger charge is 2.28. The fraction of sp³-hybridized carbons (Fsp3) is 0.231. The summed E-state index contributed by atoms with van der Waals surface area (Å²) in [5.74, 6) is 0.261. The van der Waals surface area contributed by atoms with Gasteiger partial charge in [0, 0.05) is 29.0 Å². The summed E-state index contributed by atoms with van der Waals surface area (Å²) in [6.07, 6.45) is 0.622. The quantitative estimate of drug-likeness (QED) is 0.853. The summed E-state index contributed by atoms with van der Waals surface area (Å²) in [5.41, 5.74) is 7.00. The second kappa shape index (κ2) is 4.64. The Hall–Kier alpha value is -0.910. The molecule has 0 aliphatic carbocycles. The van der Waals surface area contributed by atoms with Crippen molar-refractivity contribution in [1.82, 2.24) is 0 Å². The van der Waals surface area contributed by atoms with Crippen molar-refractivity contribution in [2.24, 2.45) is 5.73 Å². The van der Waals surface area contributed by atoms with Crippen LogP contribution in [-0.4, -0.2) is 0 Å². The lowest BCUT2D eigenvalue weighted by Crippen LogP contribution is -2.23. The van der Waals surface area contributed by atoms with Crippen molar-refractivity contribution in [1.29, 1.82) is 0 Å². The van der Waals surface area contributed by atoms with E-state index in [1.54, 1.807) is 17.4 Å². The first-order chi connectivity index (χ1) is 8.63.